The maximum absolute atomic E-state index is 13.0. The van der Waals surface area contributed by atoms with Crippen molar-refractivity contribution in [1.82, 2.24) is 14.7 Å². The second-order valence-electron chi connectivity index (χ2n) is 8.64. The summed E-state index contributed by atoms with van der Waals surface area (Å²) < 4.78 is 22.6. The summed E-state index contributed by atoms with van der Waals surface area (Å²) in [6.07, 6.45) is 9.43. The van der Waals surface area contributed by atoms with Gasteiger partial charge < -0.3 is 4.74 Å². The molecule has 2 fully saturated rings. The first-order valence-corrected chi connectivity index (χ1v) is 11.5. The molecule has 7 heteroatoms. The number of rotatable bonds is 7. The van der Waals surface area contributed by atoms with Gasteiger partial charge >= 0.3 is 0 Å². The first-order chi connectivity index (χ1) is 14.2. The highest BCUT2D eigenvalue weighted by Crippen LogP contribution is 2.37. The van der Waals surface area contributed by atoms with Crippen molar-refractivity contribution in [2.45, 2.75) is 44.9 Å². The zero-order valence-corrected chi connectivity index (χ0v) is 18.2. The van der Waals surface area contributed by atoms with Crippen molar-refractivity contribution in [1.29, 1.82) is 0 Å². The van der Waals surface area contributed by atoms with Gasteiger partial charge in [-0.25, -0.2) is 0 Å². The minimum atomic E-state index is -0.320. The van der Waals surface area contributed by atoms with E-state index in [1.165, 1.54) is 23.9 Å². The lowest BCUT2D eigenvalue weighted by atomic mass is 10.1. The highest BCUT2D eigenvalue weighted by atomic mass is 79.9. The van der Waals surface area contributed by atoms with Crippen molar-refractivity contribution >= 4 is 33.2 Å². The minimum Gasteiger partial charge on any atom is -0.464 e. The molecule has 3 heterocycles. The van der Waals surface area contributed by atoms with Crippen molar-refractivity contribution in [2.75, 3.05) is 26.3 Å². The summed E-state index contributed by atoms with van der Waals surface area (Å²) in [7, 11) is 0. The van der Waals surface area contributed by atoms with Crippen molar-refractivity contribution < 1.29 is 9.13 Å². The summed E-state index contributed by atoms with van der Waals surface area (Å²) in [6, 6.07) is 4.17. The fourth-order valence-corrected chi connectivity index (χ4v) is 4.85. The van der Waals surface area contributed by atoms with Crippen LogP contribution in [0.15, 0.2) is 33.2 Å². The molecule has 2 aliphatic heterocycles. The number of fused-ring (bicyclic) bond motifs is 1. The Labute approximate surface area is 179 Å². The first kappa shape index (κ1) is 19.4. The molecule has 2 unspecified atom stereocenters. The Morgan fingerprint density at radius 1 is 1.21 bits per heavy atom. The smallest absolute Gasteiger partial charge is 0.212 e. The van der Waals surface area contributed by atoms with Gasteiger partial charge in [0.1, 0.15) is 5.75 Å². The number of hydrogen-bond acceptors (Lipinski definition) is 3. The average Bonchev–Trinajstić information content (AvgIpc) is 3.46. The minimum absolute atomic E-state index is 0.177. The third-order valence-corrected chi connectivity index (χ3v) is 7.04. The molecule has 1 saturated heterocycles. The lowest BCUT2D eigenvalue weighted by Crippen LogP contribution is -2.29. The molecule has 1 aliphatic carbocycles. The second-order valence-corrected chi connectivity index (χ2v) is 9.43. The number of H-pyrrole nitrogens is 1. The Morgan fingerprint density at radius 2 is 2.10 bits per heavy atom. The van der Waals surface area contributed by atoms with E-state index in [-0.39, 0.29) is 18.8 Å². The Balaban J connectivity index is 1.31. The van der Waals surface area contributed by atoms with Crippen LogP contribution in [0.1, 0.15) is 32.1 Å². The third-order valence-electron chi connectivity index (χ3n) is 6.25. The van der Waals surface area contributed by atoms with E-state index in [0.29, 0.717) is 0 Å². The molecular formula is C22H28BrFN4O. The maximum Gasteiger partial charge on any atom is 0.212 e. The Hall–Kier alpha value is -1.60. The highest BCUT2D eigenvalue weighted by molar-refractivity contribution is 9.10. The van der Waals surface area contributed by atoms with Gasteiger partial charge in [-0.1, -0.05) is 6.08 Å². The zero-order chi connectivity index (χ0) is 19.8. The van der Waals surface area contributed by atoms with E-state index in [1.807, 2.05) is 12.3 Å². The molecule has 156 valence electrons. The van der Waals surface area contributed by atoms with Crippen LogP contribution >= 0.6 is 15.9 Å². The standard InChI is InChI=1S/C22H28BrFN4O/c23-20-19(7-6-18-21(20)26-28(18)13-15-4-5-15)29-22-17(3-1-2-9-25-22)14-27-10-8-16(11-24)12-27/h3,6-7,9,15-16,22,26H,1-2,4-5,8,10-14H2. The quantitative estimate of drug-likeness (QED) is 0.592. The number of aliphatic imine (C=N–C) groups is 1. The summed E-state index contributed by atoms with van der Waals surface area (Å²) in [6.45, 7) is 3.43. The van der Waals surface area contributed by atoms with Gasteiger partial charge in [0.15, 0.2) is 0 Å². The number of alkyl halides is 1. The van der Waals surface area contributed by atoms with E-state index in [9.17, 15) is 4.39 Å². The zero-order valence-electron chi connectivity index (χ0n) is 16.6. The number of allylic oxidation sites excluding steroid dienone is 1. The SMILES string of the molecule is FCC1CCN(CC2=CCCC=NC2Oc2ccc3c([nH]n3CC3CC3)c2Br)C1. The number of ether oxygens (including phenoxy) is 1. The van der Waals surface area contributed by atoms with Gasteiger partial charge in [0.05, 0.1) is 22.2 Å². The van der Waals surface area contributed by atoms with Crippen molar-refractivity contribution in [3.63, 3.8) is 0 Å². The second kappa shape index (κ2) is 8.26. The van der Waals surface area contributed by atoms with Crippen LogP contribution in [0.5, 0.6) is 5.75 Å². The molecule has 0 radical (unpaired) electrons. The number of nitrogens with zero attached hydrogens (tertiary/aromatic N) is 3. The highest BCUT2D eigenvalue weighted by Gasteiger charge is 2.27. The van der Waals surface area contributed by atoms with E-state index >= 15 is 0 Å². The monoisotopic (exact) mass is 462 g/mol. The normalized spacial score (nSPS) is 25.5. The molecule has 3 aliphatic rings. The van der Waals surface area contributed by atoms with Crippen LogP contribution in [0.2, 0.25) is 0 Å². The van der Waals surface area contributed by atoms with Crippen LogP contribution in [0, 0.1) is 11.8 Å². The van der Waals surface area contributed by atoms with Gasteiger partial charge in [-0.05, 0) is 72.6 Å². The van der Waals surface area contributed by atoms with E-state index in [2.05, 4.69) is 47.7 Å². The topological polar surface area (TPSA) is 45.5 Å². The summed E-state index contributed by atoms with van der Waals surface area (Å²) in [4.78, 5) is 7.02. The maximum atomic E-state index is 13.0. The van der Waals surface area contributed by atoms with Crippen LogP contribution < -0.4 is 4.74 Å². The van der Waals surface area contributed by atoms with E-state index in [0.717, 1.165) is 67.1 Å². The van der Waals surface area contributed by atoms with Gasteiger partial charge in [0, 0.05) is 37.3 Å². The summed E-state index contributed by atoms with van der Waals surface area (Å²) in [5, 5.41) is 3.44. The van der Waals surface area contributed by atoms with E-state index < -0.39 is 0 Å². The van der Waals surface area contributed by atoms with E-state index in [1.54, 1.807) is 0 Å². The largest absolute Gasteiger partial charge is 0.464 e. The molecule has 2 aromatic rings. The number of hydrogen-bond donors (Lipinski definition) is 1. The summed E-state index contributed by atoms with van der Waals surface area (Å²) >= 11 is 3.73. The molecule has 1 saturated carbocycles. The molecule has 0 amide bonds. The number of likely N-dealkylation sites (tertiary alicyclic amines) is 1. The molecule has 5 rings (SSSR count). The molecule has 1 aromatic heterocycles. The van der Waals surface area contributed by atoms with Gasteiger partial charge in [-0.3, -0.25) is 24.1 Å². The first-order valence-electron chi connectivity index (χ1n) is 10.7. The number of nitrogens with one attached hydrogen (secondary N) is 1. The fraction of sp³-hybridized carbons (Fsp3) is 0.591. The predicted molar refractivity (Wildman–Crippen MR) is 117 cm³/mol. The van der Waals surface area contributed by atoms with Crippen LogP contribution in [0.25, 0.3) is 11.0 Å². The van der Waals surface area contributed by atoms with Gasteiger partial charge in [0.2, 0.25) is 6.23 Å². The lowest BCUT2D eigenvalue weighted by molar-refractivity contribution is 0.226. The van der Waals surface area contributed by atoms with Crippen LogP contribution in [-0.2, 0) is 6.54 Å². The summed E-state index contributed by atoms with van der Waals surface area (Å²) in [5.74, 6) is 1.82. The third kappa shape index (κ3) is 4.17. The molecule has 29 heavy (non-hydrogen) atoms. The number of benzene rings is 1. The number of halogens is 2. The Morgan fingerprint density at radius 3 is 2.90 bits per heavy atom. The number of aromatic nitrogens is 2. The predicted octanol–water partition coefficient (Wildman–Crippen LogP) is 4.93. The lowest BCUT2D eigenvalue weighted by Gasteiger charge is -2.24. The van der Waals surface area contributed by atoms with Gasteiger partial charge in [-0.2, -0.15) is 0 Å². The number of aromatic amines is 1. The van der Waals surface area contributed by atoms with Gasteiger partial charge in [-0.15, -0.1) is 0 Å². The molecule has 1 aromatic carbocycles. The van der Waals surface area contributed by atoms with E-state index in [4.69, 9.17) is 4.74 Å². The fourth-order valence-electron chi connectivity index (χ4n) is 4.33. The Kier molecular flexibility index (Phi) is 5.52. The Bertz CT molecular complexity index is 929. The van der Waals surface area contributed by atoms with Crippen molar-refractivity contribution in [2.24, 2.45) is 16.8 Å². The molecule has 2 atom stereocenters. The van der Waals surface area contributed by atoms with Crippen LogP contribution in [0.3, 0.4) is 0 Å². The van der Waals surface area contributed by atoms with Gasteiger partial charge in [0.25, 0.3) is 0 Å². The van der Waals surface area contributed by atoms with Crippen LogP contribution in [0.4, 0.5) is 4.39 Å². The molecule has 1 N–H and O–H groups in total. The average molecular weight is 463 g/mol. The molecular weight excluding hydrogens is 435 g/mol. The molecule has 0 spiro atoms. The van der Waals surface area contributed by atoms with Crippen molar-refractivity contribution in [3.05, 3.63) is 28.3 Å². The van der Waals surface area contributed by atoms with Crippen molar-refractivity contribution in [3.8, 4) is 5.75 Å². The summed E-state index contributed by atoms with van der Waals surface area (Å²) in [5.41, 5.74) is 3.50. The molecule has 5 nitrogen and oxygen atoms in total. The molecule has 0 bridgehead atoms. The van der Waals surface area contributed by atoms with Crippen LogP contribution in [-0.4, -0.2) is 53.4 Å².